The van der Waals surface area contributed by atoms with Gasteiger partial charge in [-0.05, 0) is 55.8 Å². The van der Waals surface area contributed by atoms with Gasteiger partial charge >= 0.3 is 0 Å². The van der Waals surface area contributed by atoms with Crippen LogP contribution in [0.5, 0.6) is 0 Å². The van der Waals surface area contributed by atoms with E-state index in [9.17, 15) is 9.59 Å². The lowest BCUT2D eigenvalue weighted by Crippen LogP contribution is -2.56. The van der Waals surface area contributed by atoms with E-state index >= 15 is 0 Å². The van der Waals surface area contributed by atoms with E-state index in [-0.39, 0.29) is 29.8 Å². The number of hydrogen-bond acceptors (Lipinski definition) is 6. The van der Waals surface area contributed by atoms with Crippen LogP contribution in [0.1, 0.15) is 75.7 Å². The first kappa shape index (κ1) is 24.3. The summed E-state index contributed by atoms with van der Waals surface area (Å²) in [5.41, 5.74) is 1.10. The molecular weight excluding hydrogens is 430 g/mol. The van der Waals surface area contributed by atoms with E-state index in [0.717, 1.165) is 44.1 Å². The van der Waals surface area contributed by atoms with Gasteiger partial charge in [0.25, 0.3) is 0 Å². The highest BCUT2D eigenvalue weighted by Crippen LogP contribution is 2.33. The Labute approximate surface area is 201 Å². The third-order valence-electron chi connectivity index (χ3n) is 7.23. The van der Waals surface area contributed by atoms with Crippen molar-refractivity contribution in [1.82, 2.24) is 35.7 Å². The molecule has 2 heterocycles. The maximum Gasteiger partial charge on any atom is 0.246 e. The van der Waals surface area contributed by atoms with Crippen molar-refractivity contribution in [2.45, 2.75) is 83.0 Å². The molecule has 1 aromatic carbocycles. The Bertz CT molecular complexity index is 938. The number of benzene rings is 1. The highest BCUT2D eigenvalue weighted by molar-refractivity contribution is 5.90. The van der Waals surface area contributed by atoms with Crippen LogP contribution < -0.4 is 10.6 Å². The quantitative estimate of drug-likeness (QED) is 0.587. The Balaban J connectivity index is 1.50. The van der Waals surface area contributed by atoms with Crippen LogP contribution in [0.4, 0.5) is 0 Å². The van der Waals surface area contributed by atoms with Crippen LogP contribution in [0.25, 0.3) is 0 Å². The molecule has 9 heteroatoms. The Morgan fingerprint density at radius 2 is 1.85 bits per heavy atom. The number of amides is 2. The maximum absolute atomic E-state index is 13.9. The zero-order chi connectivity index (χ0) is 23.9. The molecule has 2 unspecified atom stereocenters. The van der Waals surface area contributed by atoms with Gasteiger partial charge in [0.15, 0.2) is 5.82 Å². The van der Waals surface area contributed by atoms with Crippen molar-refractivity contribution >= 4 is 11.8 Å². The third kappa shape index (κ3) is 5.63. The van der Waals surface area contributed by atoms with Crippen LogP contribution in [0.15, 0.2) is 30.3 Å². The molecule has 1 aromatic heterocycles. The molecular formula is C25H37N7O2. The van der Waals surface area contributed by atoms with Gasteiger partial charge in [-0.25, -0.2) is 0 Å². The van der Waals surface area contributed by atoms with Crippen LogP contribution >= 0.6 is 0 Å². The first-order valence-corrected chi connectivity index (χ1v) is 12.7. The summed E-state index contributed by atoms with van der Waals surface area (Å²) >= 11 is 0. The first-order chi connectivity index (χ1) is 16.6. The minimum Gasteiger partial charge on any atom is -0.343 e. The molecule has 2 N–H and O–H groups in total. The van der Waals surface area contributed by atoms with E-state index in [2.05, 4.69) is 26.0 Å². The Hall–Kier alpha value is -2.81. The second kappa shape index (κ2) is 11.6. The van der Waals surface area contributed by atoms with Crippen LogP contribution in [-0.2, 0) is 16.1 Å². The van der Waals surface area contributed by atoms with Crippen molar-refractivity contribution in [3.05, 3.63) is 41.7 Å². The molecule has 1 aliphatic heterocycles. The molecule has 9 nitrogen and oxygen atoms in total. The minimum absolute atomic E-state index is 0.00637. The van der Waals surface area contributed by atoms with Crippen LogP contribution in [0.2, 0.25) is 0 Å². The Kier molecular flexibility index (Phi) is 8.26. The van der Waals surface area contributed by atoms with Crippen molar-refractivity contribution in [3.63, 3.8) is 0 Å². The molecule has 2 amide bonds. The standard InChI is InChI=1S/C25H37N7O2/c1-3-20(26-2)24(33)27-22(19-13-8-5-9-14-19)25(34)31-16-10-15-21(31)23-28-30-32(29-23)17-18-11-6-4-7-12-18/h4,6-7,11-12,19-22,26H,3,5,8-10,13-17H2,1-2H3,(H,27,33)/t20?,21-,22?/m0/s1. The number of hydrogen-bond donors (Lipinski definition) is 2. The molecule has 3 atom stereocenters. The van der Waals surface area contributed by atoms with Gasteiger partial charge in [0, 0.05) is 6.54 Å². The Morgan fingerprint density at radius 3 is 2.56 bits per heavy atom. The molecule has 184 valence electrons. The van der Waals surface area contributed by atoms with E-state index in [1.165, 1.54) is 6.42 Å². The number of nitrogens with zero attached hydrogens (tertiary/aromatic N) is 5. The summed E-state index contributed by atoms with van der Waals surface area (Å²) in [5, 5.41) is 19.3. The number of rotatable bonds is 9. The lowest BCUT2D eigenvalue weighted by Gasteiger charge is -2.35. The molecule has 2 fully saturated rings. The predicted octanol–water partition coefficient (Wildman–Crippen LogP) is 2.45. The topological polar surface area (TPSA) is 105 Å². The van der Waals surface area contributed by atoms with Crippen molar-refractivity contribution < 1.29 is 9.59 Å². The summed E-state index contributed by atoms with van der Waals surface area (Å²) in [6.45, 7) is 3.16. The molecule has 2 aromatic rings. The fourth-order valence-corrected chi connectivity index (χ4v) is 5.30. The zero-order valence-corrected chi connectivity index (χ0v) is 20.3. The highest BCUT2D eigenvalue weighted by atomic mass is 16.2. The maximum atomic E-state index is 13.9. The molecule has 0 spiro atoms. The third-order valence-corrected chi connectivity index (χ3v) is 7.23. The van der Waals surface area contributed by atoms with Gasteiger partial charge in [0.1, 0.15) is 6.04 Å². The smallest absolute Gasteiger partial charge is 0.246 e. The highest BCUT2D eigenvalue weighted by Gasteiger charge is 2.40. The molecule has 1 aliphatic carbocycles. The molecule has 1 saturated carbocycles. The molecule has 0 radical (unpaired) electrons. The first-order valence-electron chi connectivity index (χ1n) is 12.7. The Morgan fingerprint density at radius 1 is 1.09 bits per heavy atom. The van der Waals surface area contributed by atoms with Gasteiger partial charge in [-0.3, -0.25) is 9.59 Å². The molecule has 2 aliphatic rings. The average Bonchev–Trinajstić information content (AvgIpc) is 3.54. The fraction of sp³-hybridized carbons (Fsp3) is 0.640. The van der Waals surface area contributed by atoms with Gasteiger partial charge in [0.05, 0.1) is 18.6 Å². The number of carbonyl (C=O) groups excluding carboxylic acids is 2. The van der Waals surface area contributed by atoms with E-state index in [1.807, 2.05) is 42.2 Å². The number of aromatic nitrogens is 4. The average molecular weight is 468 g/mol. The molecule has 4 rings (SSSR count). The minimum atomic E-state index is -0.504. The number of carbonyl (C=O) groups is 2. The van der Waals surface area contributed by atoms with Crippen molar-refractivity contribution in [2.75, 3.05) is 13.6 Å². The second-order valence-corrected chi connectivity index (χ2v) is 9.49. The summed E-state index contributed by atoms with van der Waals surface area (Å²) in [6, 6.07) is 9.01. The normalized spacial score (nSPS) is 20.8. The van der Waals surface area contributed by atoms with Crippen molar-refractivity contribution in [3.8, 4) is 0 Å². The second-order valence-electron chi connectivity index (χ2n) is 9.49. The van der Waals surface area contributed by atoms with Gasteiger partial charge in [-0.15, -0.1) is 10.2 Å². The zero-order valence-electron chi connectivity index (χ0n) is 20.3. The fourth-order valence-electron chi connectivity index (χ4n) is 5.30. The van der Waals surface area contributed by atoms with Crippen molar-refractivity contribution in [1.29, 1.82) is 0 Å². The van der Waals surface area contributed by atoms with Crippen LogP contribution in [-0.4, -0.2) is 62.6 Å². The summed E-state index contributed by atoms with van der Waals surface area (Å²) < 4.78 is 0. The molecule has 1 saturated heterocycles. The summed E-state index contributed by atoms with van der Waals surface area (Å²) in [5.74, 6) is 0.643. The lowest BCUT2D eigenvalue weighted by atomic mass is 9.83. The number of likely N-dealkylation sites (tertiary alicyclic amines) is 1. The van der Waals surface area contributed by atoms with Crippen molar-refractivity contribution in [2.24, 2.45) is 5.92 Å². The predicted molar refractivity (Wildman–Crippen MR) is 129 cm³/mol. The molecule has 0 bridgehead atoms. The van der Waals surface area contributed by atoms with E-state index in [0.29, 0.717) is 25.3 Å². The van der Waals surface area contributed by atoms with E-state index in [1.54, 1.807) is 11.8 Å². The van der Waals surface area contributed by atoms with Gasteiger partial charge in [0.2, 0.25) is 11.8 Å². The number of tetrazole rings is 1. The summed E-state index contributed by atoms with van der Waals surface area (Å²) in [6.07, 6.45) is 7.72. The van der Waals surface area contributed by atoms with Gasteiger partial charge in [-0.1, -0.05) is 56.5 Å². The van der Waals surface area contributed by atoms with E-state index in [4.69, 9.17) is 0 Å². The molecule has 34 heavy (non-hydrogen) atoms. The SMILES string of the molecule is CCC(NC)C(=O)NC(C(=O)N1CCC[C@H]1c1nnn(Cc2ccccc2)n1)C1CCCCC1. The largest absolute Gasteiger partial charge is 0.343 e. The van der Waals surface area contributed by atoms with E-state index < -0.39 is 6.04 Å². The van der Waals surface area contributed by atoms with Gasteiger partial charge < -0.3 is 15.5 Å². The van der Waals surface area contributed by atoms with Crippen LogP contribution in [0, 0.1) is 5.92 Å². The summed E-state index contributed by atoms with van der Waals surface area (Å²) in [7, 11) is 1.78. The number of likely N-dealkylation sites (N-methyl/N-ethyl adjacent to an activating group) is 1. The lowest BCUT2D eigenvalue weighted by molar-refractivity contribution is -0.139. The van der Waals surface area contributed by atoms with Crippen LogP contribution in [0.3, 0.4) is 0 Å². The monoisotopic (exact) mass is 467 g/mol. The summed E-state index contributed by atoms with van der Waals surface area (Å²) in [4.78, 5) is 30.3. The number of nitrogens with one attached hydrogen (secondary N) is 2. The van der Waals surface area contributed by atoms with Gasteiger partial charge in [-0.2, -0.15) is 4.80 Å².